The number of rotatable bonds is 18. The van der Waals surface area contributed by atoms with Gasteiger partial charge in [0, 0.05) is 30.8 Å². The molecule has 1 aliphatic heterocycles. The Morgan fingerprint density at radius 2 is 1.59 bits per heavy atom. The Balaban J connectivity index is 1.67. The summed E-state index contributed by atoms with van der Waals surface area (Å²) in [5, 5.41) is 14.6. The van der Waals surface area contributed by atoms with Crippen LogP contribution in [0.25, 0.3) is 0 Å². The monoisotopic (exact) mass is 739 g/mol. The molecule has 0 saturated heterocycles. The molecular formula is C38H49N3O8S2. The number of nitrogens with zero attached hydrogens (tertiary/aromatic N) is 1. The van der Waals surface area contributed by atoms with Crippen LogP contribution in [-0.2, 0) is 29.0 Å². The van der Waals surface area contributed by atoms with E-state index in [9.17, 15) is 27.9 Å². The molecule has 13 heteroatoms. The van der Waals surface area contributed by atoms with E-state index in [1.54, 1.807) is 30.3 Å². The number of carbonyl (C=O) groups is 3. The summed E-state index contributed by atoms with van der Waals surface area (Å²) in [6, 6.07) is 19.0. The lowest BCUT2D eigenvalue weighted by molar-refractivity contribution is -0.143. The standard InChI is InChI=1S/C38H49N3O8S2/c1-5-7-19-38(20-8-6-2)25-41(28-17-13-10-14-18-28)30-21-32(50-4)31(22-33(30)51(46,47)26-38)49-24-34(42)40-35(27-15-11-9-12-16-27)36(43)39-29(23-48-3)37(44)45/h9-18,21-22,29,35H,5-8,19-20,23-26H2,1-4H3,(H,39,43)(H,40,42)(H,44,45)/t29?,35-/m1/s1. The third-order valence-electron chi connectivity index (χ3n) is 9.06. The van der Waals surface area contributed by atoms with Gasteiger partial charge in [0.15, 0.2) is 22.5 Å². The van der Waals surface area contributed by atoms with Crippen LogP contribution in [0.4, 0.5) is 11.4 Å². The van der Waals surface area contributed by atoms with Crippen molar-refractivity contribution in [2.45, 2.75) is 74.2 Å². The number of hydrogen-bond acceptors (Lipinski definition) is 9. The lowest BCUT2D eigenvalue weighted by Gasteiger charge is -2.37. The van der Waals surface area contributed by atoms with Gasteiger partial charge in [-0.1, -0.05) is 88.1 Å². The average molecular weight is 740 g/mol. The summed E-state index contributed by atoms with van der Waals surface area (Å²) in [7, 11) is -2.49. The van der Waals surface area contributed by atoms with E-state index < -0.39 is 51.7 Å². The van der Waals surface area contributed by atoms with Crippen molar-refractivity contribution in [1.29, 1.82) is 0 Å². The number of carboxylic acids is 1. The van der Waals surface area contributed by atoms with Crippen LogP contribution in [0.3, 0.4) is 0 Å². The third kappa shape index (κ3) is 10.3. The zero-order valence-electron chi connectivity index (χ0n) is 29.7. The molecule has 3 aromatic rings. The Kier molecular flexibility index (Phi) is 14.4. The molecule has 4 rings (SSSR count). The van der Waals surface area contributed by atoms with Gasteiger partial charge in [-0.2, -0.15) is 0 Å². The first-order valence-corrected chi connectivity index (χ1v) is 20.1. The number of benzene rings is 3. The Bertz CT molecular complexity index is 1730. The molecule has 0 aliphatic carbocycles. The maximum atomic E-state index is 14.4. The predicted octanol–water partition coefficient (Wildman–Crippen LogP) is 6.15. The highest BCUT2D eigenvalue weighted by atomic mass is 32.2. The number of methoxy groups -OCH3 is 1. The molecule has 0 aromatic heterocycles. The van der Waals surface area contributed by atoms with E-state index in [1.807, 2.05) is 42.7 Å². The van der Waals surface area contributed by atoms with Gasteiger partial charge in [0.1, 0.15) is 11.8 Å². The summed E-state index contributed by atoms with van der Waals surface area (Å²) in [4.78, 5) is 41.2. The molecule has 0 saturated carbocycles. The highest BCUT2D eigenvalue weighted by Crippen LogP contribution is 2.47. The number of carboxylic acid groups (broad SMARTS) is 1. The minimum atomic E-state index is -3.81. The smallest absolute Gasteiger partial charge is 0.328 e. The number of fused-ring (bicyclic) bond motifs is 1. The van der Waals surface area contributed by atoms with Crippen LogP contribution in [0.2, 0.25) is 0 Å². The Morgan fingerprint density at radius 1 is 0.961 bits per heavy atom. The number of nitrogens with one attached hydrogen (secondary N) is 2. The van der Waals surface area contributed by atoms with Gasteiger partial charge in [0.25, 0.3) is 5.91 Å². The number of amides is 2. The normalized spacial score (nSPS) is 15.9. The van der Waals surface area contributed by atoms with Crippen molar-refractivity contribution in [2.24, 2.45) is 5.41 Å². The van der Waals surface area contributed by atoms with E-state index in [-0.39, 0.29) is 23.0 Å². The second kappa shape index (κ2) is 18.4. The zero-order valence-corrected chi connectivity index (χ0v) is 31.4. The number of carbonyl (C=O) groups excluding carboxylic acids is 2. The first-order valence-electron chi connectivity index (χ1n) is 17.2. The van der Waals surface area contributed by atoms with Crippen LogP contribution in [0, 0.1) is 5.41 Å². The second-order valence-electron chi connectivity index (χ2n) is 12.9. The average Bonchev–Trinajstić information content (AvgIpc) is 3.22. The number of hydrogen-bond donors (Lipinski definition) is 3. The molecule has 1 heterocycles. The number of sulfone groups is 1. The minimum Gasteiger partial charge on any atom is -0.483 e. The van der Waals surface area contributed by atoms with Gasteiger partial charge in [0.05, 0.1) is 27.8 Å². The largest absolute Gasteiger partial charge is 0.483 e. The topological polar surface area (TPSA) is 151 Å². The van der Waals surface area contributed by atoms with Crippen molar-refractivity contribution < 1.29 is 37.4 Å². The quantitative estimate of drug-likeness (QED) is 0.130. The molecule has 51 heavy (non-hydrogen) atoms. The highest BCUT2D eigenvalue weighted by molar-refractivity contribution is 7.98. The van der Waals surface area contributed by atoms with Gasteiger partial charge in [-0.3, -0.25) is 9.59 Å². The van der Waals surface area contributed by atoms with Gasteiger partial charge in [-0.25, -0.2) is 13.2 Å². The number of aliphatic carboxylic acids is 1. The van der Waals surface area contributed by atoms with E-state index in [4.69, 9.17) is 9.47 Å². The first-order chi connectivity index (χ1) is 24.5. The number of ether oxygens (including phenoxy) is 2. The van der Waals surface area contributed by atoms with Crippen LogP contribution in [-0.4, -0.2) is 76.2 Å². The fourth-order valence-corrected chi connectivity index (χ4v) is 9.13. The molecule has 2 atom stereocenters. The van der Waals surface area contributed by atoms with E-state index in [0.29, 0.717) is 22.7 Å². The lowest BCUT2D eigenvalue weighted by atomic mass is 9.79. The summed E-state index contributed by atoms with van der Waals surface area (Å²) in [5.74, 6) is -2.45. The highest BCUT2D eigenvalue weighted by Gasteiger charge is 2.42. The third-order valence-corrected chi connectivity index (χ3v) is 11.8. The zero-order chi connectivity index (χ0) is 37.0. The maximum Gasteiger partial charge on any atom is 0.328 e. The van der Waals surface area contributed by atoms with Crippen LogP contribution in [0.5, 0.6) is 5.75 Å². The summed E-state index contributed by atoms with van der Waals surface area (Å²) < 4.78 is 39.8. The van der Waals surface area contributed by atoms with Crippen molar-refractivity contribution in [2.75, 3.05) is 43.8 Å². The molecule has 0 fully saturated rings. The molecule has 3 N–H and O–H groups in total. The number of anilines is 2. The maximum absolute atomic E-state index is 14.4. The molecular weight excluding hydrogens is 691 g/mol. The molecule has 1 unspecified atom stereocenters. The van der Waals surface area contributed by atoms with E-state index in [2.05, 4.69) is 29.4 Å². The fourth-order valence-electron chi connectivity index (χ4n) is 6.47. The van der Waals surface area contributed by atoms with Gasteiger partial charge in [0.2, 0.25) is 5.91 Å². The summed E-state index contributed by atoms with van der Waals surface area (Å²) in [5.41, 5.74) is 1.44. The van der Waals surface area contributed by atoms with Gasteiger partial charge < -0.3 is 30.1 Å². The van der Waals surface area contributed by atoms with Gasteiger partial charge in [-0.05, 0) is 42.9 Å². The second-order valence-corrected chi connectivity index (χ2v) is 15.7. The molecule has 0 bridgehead atoms. The van der Waals surface area contributed by atoms with Crippen LogP contribution >= 0.6 is 11.8 Å². The number of unbranched alkanes of at least 4 members (excludes halogenated alkanes) is 2. The van der Waals surface area contributed by atoms with Crippen LogP contribution in [0.15, 0.2) is 82.6 Å². The van der Waals surface area contributed by atoms with Crippen molar-refractivity contribution in [3.8, 4) is 5.75 Å². The molecule has 0 spiro atoms. The molecule has 11 nitrogen and oxygen atoms in total. The van der Waals surface area contributed by atoms with Crippen molar-refractivity contribution >= 4 is 50.8 Å². The van der Waals surface area contributed by atoms with Crippen molar-refractivity contribution in [3.63, 3.8) is 0 Å². The molecule has 3 aromatic carbocycles. The fraction of sp³-hybridized carbons (Fsp3) is 0.447. The van der Waals surface area contributed by atoms with E-state index >= 15 is 0 Å². The number of para-hydroxylation sites is 1. The Hall–Kier alpha value is -4.07. The summed E-state index contributed by atoms with van der Waals surface area (Å²) in [6.07, 6.45) is 7.19. The van der Waals surface area contributed by atoms with E-state index in [1.165, 1.54) is 24.9 Å². The van der Waals surface area contributed by atoms with Crippen LogP contribution in [0.1, 0.15) is 64.0 Å². The van der Waals surface area contributed by atoms with Gasteiger partial charge >= 0.3 is 5.97 Å². The molecule has 276 valence electrons. The molecule has 2 amide bonds. The van der Waals surface area contributed by atoms with Crippen molar-refractivity contribution in [3.05, 3.63) is 78.4 Å². The summed E-state index contributed by atoms with van der Waals surface area (Å²) in [6.45, 7) is 4.00. The predicted molar refractivity (Wildman–Crippen MR) is 199 cm³/mol. The van der Waals surface area contributed by atoms with E-state index in [0.717, 1.165) is 44.2 Å². The number of thioether (sulfide) groups is 1. The Morgan fingerprint density at radius 3 is 2.16 bits per heavy atom. The van der Waals surface area contributed by atoms with Crippen LogP contribution < -0.4 is 20.3 Å². The SMILES string of the molecule is CCCCC1(CCCC)CN(c2ccccc2)c2cc(SC)c(OCC(=O)N[C@@H](C(=O)NC(COC)C(=O)O)c3ccccc3)cc2S(=O)(=O)C1. The summed E-state index contributed by atoms with van der Waals surface area (Å²) >= 11 is 1.37. The first kappa shape index (κ1) is 39.7. The lowest BCUT2D eigenvalue weighted by Crippen LogP contribution is -2.49. The minimum absolute atomic E-state index is 0.00312. The molecule has 1 aliphatic rings. The molecule has 0 radical (unpaired) electrons. The van der Waals surface area contributed by atoms with Gasteiger partial charge in [-0.15, -0.1) is 11.8 Å². The van der Waals surface area contributed by atoms with Crippen molar-refractivity contribution in [1.82, 2.24) is 10.6 Å². The Labute approximate surface area is 305 Å².